The first kappa shape index (κ1) is 15.3. The zero-order valence-electron chi connectivity index (χ0n) is 12.6. The molecule has 0 aliphatic heterocycles. The van der Waals surface area contributed by atoms with Gasteiger partial charge >= 0.3 is 6.18 Å². The molecule has 2 aromatic heterocycles. The van der Waals surface area contributed by atoms with Crippen LogP contribution in [0.4, 0.5) is 19.0 Å². The number of anilines is 1. The summed E-state index contributed by atoms with van der Waals surface area (Å²) in [6.07, 6.45) is -2.32. The lowest BCUT2D eigenvalue weighted by molar-refractivity contribution is -0.136. The van der Waals surface area contributed by atoms with Gasteiger partial charge in [0.15, 0.2) is 0 Å². The predicted octanol–water partition coefficient (Wildman–Crippen LogP) is 4.32. The van der Waals surface area contributed by atoms with E-state index in [4.69, 9.17) is 0 Å². The fraction of sp³-hybridized carbons (Fsp3) is 0.250. The average molecular weight is 320 g/mol. The van der Waals surface area contributed by atoms with E-state index in [-0.39, 0.29) is 16.9 Å². The minimum atomic E-state index is -4.48. The quantitative estimate of drug-likeness (QED) is 0.755. The number of alkyl halides is 3. The van der Waals surface area contributed by atoms with Gasteiger partial charge in [-0.15, -0.1) is 0 Å². The van der Waals surface area contributed by atoms with E-state index in [1.54, 1.807) is 0 Å². The number of benzene rings is 1. The lowest BCUT2D eigenvalue weighted by Crippen LogP contribution is -2.28. The van der Waals surface area contributed by atoms with Gasteiger partial charge in [0.25, 0.3) is 0 Å². The molecule has 0 amide bonds. The molecule has 2 N–H and O–H groups in total. The maximum absolute atomic E-state index is 13.2. The smallest absolute Gasteiger partial charge is 0.360 e. The third-order valence-corrected chi connectivity index (χ3v) is 3.70. The van der Waals surface area contributed by atoms with Crippen LogP contribution in [0.15, 0.2) is 42.9 Å². The molecule has 0 aliphatic rings. The summed E-state index contributed by atoms with van der Waals surface area (Å²) >= 11 is 0. The van der Waals surface area contributed by atoms with Gasteiger partial charge in [-0.05, 0) is 19.4 Å². The average Bonchev–Trinajstić information content (AvgIpc) is 2.93. The Balaban J connectivity index is 2.09. The maximum Gasteiger partial charge on any atom is 0.418 e. The number of hydrogen-bond acceptors (Lipinski definition) is 3. The van der Waals surface area contributed by atoms with Crippen molar-refractivity contribution in [1.29, 1.82) is 0 Å². The van der Waals surface area contributed by atoms with E-state index >= 15 is 0 Å². The summed E-state index contributed by atoms with van der Waals surface area (Å²) < 4.78 is 39.6. The fourth-order valence-corrected chi connectivity index (χ4v) is 2.50. The SMILES string of the molecule is CC(C)(Nc1ncnc2[nH]cc(C(F)(F)F)c12)c1ccccc1. The minimum absolute atomic E-state index is 0.0518. The normalized spacial score (nSPS) is 12.6. The minimum Gasteiger partial charge on any atom is -0.360 e. The fourth-order valence-electron chi connectivity index (χ4n) is 2.50. The molecule has 0 aliphatic carbocycles. The van der Waals surface area contributed by atoms with Crippen LogP contribution in [0.3, 0.4) is 0 Å². The van der Waals surface area contributed by atoms with E-state index in [1.807, 2.05) is 44.2 Å². The first-order valence-corrected chi connectivity index (χ1v) is 7.02. The Kier molecular flexibility index (Phi) is 3.50. The molecule has 0 atom stereocenters. The van der Waals surface area contributed by atoms with E-state index in [2.05, 4.69) is 20.3 Å². The Morgan fingerprint density at radius 3 is 2.39 bits per heavy atom. The number of halogens is 3. The van der Waals surface area contributed by atoms with E-state index in [9.17, 15) is 13.2 Å². The zero-order chi connectivity index (χ0) is 16.7. The van der Waals surface area contributed by atoms with Crippen LogP contribution >= 0.6 is 0 Å². The number of hydrogen-bond donors (Lipinski definition) is 2. The van der Waals surface area contributed by atoms with Gasteiger partial charge in [-0.25, -0.2) is 9.97 Å². The van der Waals surface area contributed by atoms with Crippen LogP contribution in [-0.2, 0) is 11.7 Å². The molecule has 0 saturated heterocycles. The molecule has 23 heavy (non-hydrogen) atoms. The van der Waals surface area contributed by atoms with Gasteiger partial charge in [0.1, 0.15) is 17.8 Å². The molecule has 0 saturated carbocycles. The Hall–Kier alpha value is -2.57. The van der Waals surface area contributed by atoms with Crippen molar-refractivity contribution in [2.75, 3.05) is 5.32 Å². The highest BCUT2D eigenvalue weighted by atomic mass is 19.4. The molecule has 3 rings (SSSR count). The molecule has 0 bridgehead atoms. The molecule has 2 heterocycles. The maximum atomic E-state index is 13.2. The van der Waals surface area contributed by atoms with Gasteiger partial charge < -0.3 is 10.3 Å². The van der Waals surface area contributed by atoms with E-state index in [1.165, 1.54) is 6.33 Å². The van der Waals surface area contributed by atoms with Gasteiger partial charge in [0, 0.05) is 6.20 Å². The summed E-state index contributed by atoms with van der Waals surface area (Å²) in [7, 11) is 0. The Labute approximate surface area is 130 Å². The number of H-pyrrole nitrogens is 1. The van der Waals surface area contributed by atoms with Gasteiger partial charge in [0.2, 0.25) is 0 Å². The van der Waals surface area contributed by atoms with Crippen LogP contribution in [0.25, 0.3) is 11.0 Å². The molecular formula is C16H15F3N4. The zero-order valence-corrected chi connectivity index (χ0v) is 12.6. The third kappa shape index (κ3) is 2.86. The highest BCUT2D eigenvalue weighted by Gasteiger charge is 2.36. The summed E-state index contributed by atoms with van der Waals surface area (Å²) in [6.45, 7) is 3.77. The molecule has 0 fully saturated rings. The van der Waals surface area contributed by atoms with Crippen LogP contribution in [0.5, 0.6) is 0 Å². The number of fused-ring (bicyclic) bond motifs is 1. The highest BCUT2D eigenvalue weighted by Crippen LogP contribution is 2.38. The van der Waals surface area contributed by atoms with Crippen molar-refractivity contribution in [1.82, 2.24) is 15.0 Å². The number of nitrogens with one attached hydrogen (secondary N) is 2. The van der Waals surface area contributed by atoms with Crippen molar-refractivity contribution in [3.63, 3.8) is 0 Å². The summed E-state index contributed by atoms with van der Waals surface area (Å²) in [5.74, 6) is 0.150. The van der Waals surface area contributed by atoms with Crippen molar-refractivity contribution in [3.05, 3.63) is 54.0 Å². The largest absolute Gasteiger partial charge is 0.418 e. The van der Waals surface area contributed by atoms with Crippen LogP contribution in [0, 0.1) is 0 Å². The highest BCUT2D eigenvalue weighted by molar-refractivity contribution is 5.91. The second-order valence-electron chi connectivity index (χ2n) is 5.76. The van der Waals surface area contributed by atoms with Gasteiger partial charge in [-0.1, -0.05) is 30.3 Å². The molecule has 4 nitrogen and oxygen atoms in total. The van der Waals surface area contributed by atoms with Gasteiger partial charge in [-0.2, -0.15) is 13.2 Å². The Morgan fingerprint density at radius 1 is 1.04 bits per heavy atom. The lowest BCUT2D eigenvalue weighted by atomic mass is 9.94. The monoisotopic (exact) mass is 320 g/mol. The van der Waals surface area contributed by atoms with E-state index < -0.39 is 17.3 Å². The molecule has 0 spiro atoms. The second-order valence-corrected chi connectivity index (χ2v) is 5.76. The van der Waals surface area contributed by atoms with E-state index in [0.29, 0.717) is 0 Å². The molecule has 7 heteroatoms. The van der Waals surface area contributed by atoms with Crippen LogP contribution in [0.2, 0.25) is 0 Å². The predicted molar refractivity (Wildman–Crippen MR) is 82.0 cm³/mol. The summed E-state index contributed by atoms with van der Waals surface area (Å²) in [4.78, 5) is 10.4. The van der Waals surface area contributed by atoms with Crippen molar-refractivity contribution in [2.24, 2.45) is 0 Å². The molecule has 120 valence electrons. The molecular weight excluding hydrogens is 305 g/mol. The topological polar surface area (TPSA) is 53.6 Å². The summed E-state index contributed by atoms with van der Waals surface area (Å²) in [5.41, 5.74) is -0.281. The van der Waals surface area contributed by atoms with Crippen molar-refractivity contribution >= 4 is 16.9 Å². The Morgan fingerprint density at radius 2 is 1.74 bits per heavy atom. The van der Waals surface area contributed by atoms with Gasteiger partial charge in [0.05, 0.1) is 16.5 Å². The number of rotatable bonds is 3. The number of nitrogens with zero attached hydrogens (tertiary/aromatic N) is 2. The molecule has 0 radical (unpaired) electrons. The van der Waals surface area contributed by atoms with Crippen molar-refractivity contribution < 1.29 is 13.2 Å². The van der Waals surface area contributed by atoms with Crippen LogP contribution in [-0.4, -0.2) is 15.0 Å². The van der Waals surface area contributed by atoms with Crippen molar-refractivity contribution in [3.8, 4) is 0 Å². The standard InChI is InChI=1S/C16H15F3N4/c1-15(2,10-6-4-3-5-7-10)23-14-12-11(16(17,18)19)8-20-13(12)21-9-22-14/h3-9H,1-2H3,(H2,20,21,22,23). The summed E-state index contributed by atoms with van der Waals surface area (Å²) in [5, 5.41) is 3.05. The van der Waals surface area contributed by atoms with Crippen molar-refractivity contribution in [2.45, 2.75) is 25.6 Å². The third-order valence-electron chi connectivity index (χ3n) is 3.70. The van der Waals surface area contributed by atoms with E-state index in [0.717, 1.165) is 11.8 Å². The number of aromatic amines is 1. The molecule has 0 unspecified atom stereocenters. The van der Waals surface area contributed by atoms with Crippen LogP contribution in [0.1, 0.15) is 25.0 Å². The number of aromatic nitrogens is 3. The first-order chi connectivity index (χ1) is 10.8. The molecule has 3 aromatic rings. The first-order valence-electron chi connectivity index (χ1n) is 7.02. The van der Waals surface area contributed by atoms with Crippen LogP contribution < -0.4 is 5.32 Å². The van der Waals surface area contributed by atoms with Gasteiger partial charge in [-0.3, -0.25) is 0 Å². The summed E-state index contributed by atoms with van der Waals surface area (Å²) in [6, 6.07) is 9.47. The lowest BCUT2D eigenvalue weighted by Gasteiger charge is -2.28. The molecule has 1 aromatic carbocycles. The second kappa shape index (κ2) is 5.26. The Bertz CT molecular complexity index is 822.